The van der Waals surface area contributed by atoms with Gasteiger partial charge in [0, 0.05) is 21.2 Å². The van der Waals surface area contributed by atoms with E-state index in [0.29, 0.717) is 11.1 Å². The molecule has 0 aliphatic heterocycles. The molecule has 0 fully saturated rings. The average Bonchev–Trinajstić information content (AvgIpc) is 2.88. The van der Waals surface area contributed by atoms with E-state index in [2.05, 4.69) is 48.0 Å². The van der Waals surface area contributed by atoms with E-state index in [9.17, 15) is 10.5 Å². The molecule has 2 atom stereocenters. The minimum Gasteiger partial charge on any atom is -0.375 e. The van der Waals surface area contributed by atoms with Crippen LogP contribution in [0.3, 0.4) is 0 Å². The number of nitrogens with one attached hydrogen (secondary N) is 2. The summed E-state index contributed by atoms with van der Waals surface area (Å²) in [5.41, 5.74) is 4.37. The molecule has 4 nitrogen and oxygen atoms in total. The predicted molar refractivity (Wildman–Crippen MR) is 142 cm³/mol. The molecule has 0 aromatic heterocycles. The summed E-state index contributed by atoms with van der Waals surface area (Å²) >= 11 is 9.26. The van der Waals surface area contributed by atoms with Crippen molar-refractivity contribution in [3.05, 3.63) is 119 Å². The van der Waals surface area contributed by atoms with Crippen LogP contribution in [0.5, 0.6) is 0 Å². The van der Waals surface area contributed by atoms with Gasteiger partial charge in [0.1, 0.15) is 0 Å². The maximum Gasteiger partial charge on any atom is 0.0995 e. The summed E-state index contributed by atoms with van der Waals surface area (Å²) in [6.45, 7) is 0. The van der Waals surface area contributed by atoms with Crippen molar-refractivity contribution in [1.82, 2.24) is 0 Å². The molecule has 0 saturated carbocycles. The number of thiol groups is 2. The zero-order chi connectivity index (χ0) is 23.9. The van der Waals surface area contributed by atoms with E-state index in [0.717, 1.165) is 32.3 Å². The zero-order valence-electron chi connectivity index (χ0n) is 18.2. The Morgan fingerprint density at radius 1 is 0.529 bits per heavy atom. The highest BCUT2D eigenvalue weighted by Crippen LogP contribution is 2.39. The zero-order valence-corrected chi connectivity index (χ0v) is 20.0. The molecule has 166 valence electrons. The van der Waals surface area contributed by atoms with Gasteiger partial charge in [-0.15, -0.1) is 25.3 Å². The van der Waals surface area contributed by atoms with Crippen LogP contribution in [0.25, 0.3) is 0 Å². The minimum absolute atomic E-state index is 0.411. The molecule has 4 rings (SSSR count). The molecule has 0 aliphatic carbocycles. The highest BCUT2D eigenvalue weighted by atomic mass is 32.1. The van der Waals surface area contributed by atoms with Gasteiger partial charge in [0.2, 0.25) is 0 Å². The van der Waals surface area contributed by atoms with Crippen molar-refractivity contribution in [3.8, 4) is 12.1 Å². The van der Waals surface area contributed by atoms with Crippen molar-refractivity contribution < 1.29 is 0 Å². The fourth-order valence-corrected chi connectivity index (χ4v) is 4.40. The largest absolute Gasteiger partial charge is 0.375 e. The SMILES string of the molecule is N#Cc1ccccc1C(Nc1ccccc1S)C(Nc1ccccc1S)c1ccccc1C#N. The Hall–Kier alpha value is -3.84. The monoisotopic (exact) mass is 478 g/mol. The quantitative estimate of drug-likeness (QED) is 0.216. The van der Waals surface area contributed by atoms with Gasteiger partial charge in [-0.05, 0) is 47.5 Å². The van der Waals surface area contributed by atoms with E-state index in [-0.39, 0.29) is 0 Å². The van der Waals surface area contributed by atoms with Crippen molar-refractivity contribution in [2.75, 3.05) is 10.6 Å². The number of benzene rings is 4. The molecule has 2 N–H and O–H groups in total. The Kier molecular flexibility index (Phi) is 7.44. The lowest BCUT2D eigenvalue weighted by Gasteiger charge is -2.33. The van der Waals surface area contributed by atoms with Gasteiger partial charge in [0.15, 0.2) is 0 Å². The maximum absolute atomic E-state index is 9.90. The first-order valence-corrected chi connectivity index (χ1v) is 11.6. The van der Waals surface area contributed by atoms with Gasteiger partial charge in [-0.1, -0.05) is 60.7 Å². The van der Waals surface area contributed by atoms with Crippen LogP contribution in [0.1, 0.15) is 34.3 Å². The highest BCUT2D eigenvalue weighted by molar-refractivity contribution is 7.80. The molecule has 4 aromatic rings. The van der Waals surface area contributed by atoms with E-state index in [1.807, 2.05) is 84.9 Å². The Morgan fingerprint density at radius 3 is 1.26 bits per heavy atom. The molecule has 0 radical (unpaired) electrons. The lowest BCUT2D eigenvalue weighted by atomic mass is 9.88. The van der Waals surface area contributed by atoms with Gasteiger partial charge in [-0.2, -0.15) is 10.5 Å². The first kappa shape index (κ1) is 23.3. The van der Waals surface area contributed by atoms with Crippen LogP contribution in [-0.2, 0) is 0 Å². The van der Waals surface area contributed by atoms with Crippen molar-refractivity contribution in [2.45, 2.75) is 21.9 Å². The van der Waals surface area contributed by atoms with E-state index in [1.165, 1.54) is 0 Å². The van der Waals surface area contributed by atoms with Crippen LogP contribution >= 0.6 is 25.3 Å². The fraction of sp³-hybridized carbons (Fsp3) is 0.0714. The Morgan fingerprint density at radius 2 is 0.882 bits per heavy atom. The van der Waals surface area contributed by atoms with Crippen LogP contribution in [0.4, 0.5) is 11.4 Å². The Balaban J connectivity index is 1.93. The molecule has 0 spiro atoms. The van der Waals surface area contributed by atoms with Gasteiger partial charge in [-0.25, -0.2) is 0 Å². The second-order valence-corrected chi connectivity index (χ2v) is 8.64. The van der Waals surface area contributed by atoms with Crippen molar-refractivity contribution in [3.63, 3.8) is 0 Å². The molecular formula is C28H22N4S2. The standard InChI is InChI=1S/C28H22N4S2/c29-17-19-9-1-3-11-21(19)27(31-23-13-5-7-15-25(23)33)28(22-12-4-2-10-20(22)18-30)32-24-14-6-8-16-26(24)34/h1-16,27-28,31-34H. The first-order valence-electron chi connectivity index (χ1n) is 10.7. The second-order valence-electron chi connectivity index (χ2n) is 7.68. The minimum atomic E-state index is -0.411. The lowest BCUT2D eigenvalue weighted by molar-refractivity contribution is 0.644. The van der Waals surface area contributed by atoms with Crippen LogP contribution in [0.2, 0.25) is 0 Å². The smallest absolute Gasteiger partial charge is 0.0995 e. The molecule has 0 aliphatic rings. The van der Waals surface area contributed by atoms with Gasteiger partial charge in [0.25, 0.3) is 0 Å². The normalized spacial score (nSPS) is 12.1. The topological polar surface area (TPSA) is 71.6 Å². The highest BCUT2D eigenvalue weighted by Gasteiger charge is 2.29. The van der Waals surface area contributed by atoms with Crippen molar-refractivity contribution in [1.29, 1.82) is 10.5 Å². The molecule has 4 aromatic carbocycles. The van der Waals surface area contributed by atoms with E-state index < -0.39 is 12.1 Å². The Bertz CT molecular complexity index is 1280. The summed E-state index contributed by atoms with van der Waals surface area (Å²) in [7, 11) is 0. The lowest BCUT2D eigenvalue weighted by Crippen LogP contribution is -2.27. The molecule has 0 bridgehead atoms. The maximum atomic E-state index is 9.90. The molecule has 2 unspecified atom stereocenters. The average molecular weight is 479 g/mol. The van der Waals surface area contributed by atoms with Gasteiger partial charge < -0.3 is 10.6 Å². The number of nitrogens with zero attached hydrogens (tertiary/aromatic N) is 2. The third kappa shape index (κ3) is 5.05. The van der Waals surface area contributed by atoms with E-state index >= 15 is 0 Å². The second kappa shape index (κ2) is 10.9. The van der Waals surface area contributed by atoms with Crippen LogP contribution < -0.4 is 10.6 Å². The van der Waals surface area contributed by atoms with E-state index in [1.54, 1.807) is 12.1 Å². The number of rotatable bonds is 7. The Labute approximate surface area is 210 Å². The summed E-state index contributed by atoms with van der Waals surface area (Å²) in [5.74, 6) is 0. The van der Waals surface area contributed by atoms with Gasteiger partial charge in [-0.3, -0.25) is 0 Å². The number of nitriles is 2. The van der Waals surface area contributed by atoms with Gasteiger partial charge in [0.05, 0.1) is 35.3 Å². The van der Waals surface area contributed by atoms with E-state index in [4.69, 9.17) is 0 Å². The predicted octanol–water partition coefficient (Wildman–Crippen LogP) is 7.01. The molecule has 0 amide bonds. The molecule has 34 heavy (non-hydrogen) atoms. The summed E-state index contributed by atoms with van der Waals surface area (Å²) < 4.78 is 0. The molecule has 6 heteroatoms. The van der Waals surface area contributed by atoms with Crippen molar-refractivity contribution >= 4 is 36.6 Å². The third-order valence-electron chi connectivity index (χ3n) is 5.60. The summed E-state index contributed by atoms with van der Waals surface area (Å²) in [4.78, 5) is 1.56. The van der Waals surface area contributed by atoms with Gasteiger partial charge >= 0.3 is 0 Å². The van der Waals surface area contributed by atoms with Crippen molar-refractivity contribution in [2.24, 2.45) is 0 Å². The summed E-state index contributed by atoms with van der Waals surface area (Å²) in [5, 5.41) is 27.0. The number of anilines is 2. The van der Waals surface area contributed by atoms with Crippen LogP contribution in [-0.4, -0.2) is 0 Å². The number of hydrogen-bond acceptors (Lipinski definition) is 6. The van der Waals surface area contributed by atoms with Crippen LogP contribution in [0, 0.1) is 22.7 Å². The third-order valence-corrected chi connectivity index (χ3v) is 6.38. The molecular weight excluding hydrogens is 456 g/mol. The first-order chi connectivity index (χ1) is 16.6. The fourth-order valence-electron chi connectivity index (χ4n) is 3.95. The molecule has 0 heterocycles. The molecule has 0 saturated heterocycles. The summed E-state index contributed by atoms with van der Waals surface area (Å²) in [6.07, 6.45) is 0. The van der Waals surface area contributed by atoms with Crippen LogP contribution in [0.15, 0.2) is 107 Å². The number of hydrogen-bond donors (Lipinski definition) is 4. The summed E-state index contributed by atoms with van der Waals surface area (Å²) in [6, 6.07) is 34.2. The number of para-hydroxylation sites is 2.